The van der Waals surface area contributed by atoms with Gasteiger partial charge < -0.3 is 19.7 Å². The van der Waals surface area contributed by atoms with Gasteiger partial charge >= 0.3 is 17.9 Å². The first-order chi connectivity index (χ1) is 13.6. The summed E-state index contributed by atoms with van der Waals surface area (Å²) < 4.78 is 11.0. The van der Waals surface area contributed by atoms with Crippen molar-refractivity contribution in [2.45, 2.75) is 51.7 Å². The number of carboxylic acids is 2. The molecule has 0 aromatic heterocycles. The molecule has 29 heavy (non-hydrogen) atoms. The number of carboxylic acid groups (broad SMARTS) is 2. The minimum absolute atomic E-state index is 0.0434. The highest BCUT2D eigenvalue weighted by molar-refractivity contribution is 6.07. The Balaban J connectivity index is 2.98. The molecular weight excluding hydrogens is 380 g/mol. The summed E-state index contributed by atoms with van der Waals surface area (Å²) in [6, 6.07) is 3.42. The largest absolute Gasteiger partial charge is 0.478 e. The van der Waals surface area contributed by atoms with Gasteiger partial charge in [-0.3, -0.25) is 4.79 Å². The first-order valence-electron chi connectivity index (χ1n) is 9.22. The Morgan fingerprint density at radius 3 is 2.24 bits per heavy atom. The van der Waals surface area contributed by atoms with E-state index < -0.39 is 40.4 Å². The van der Waals surface area contributed by atoms with Gasteiger partial charge in [0.05, 0.1) is 17.7 Å². The highest BCUT2D eigenvalue weighted by atomic mass is 16.5. The minimum Gasteiger partial charge on any atom is -0.478 e. The number of hydrogen-bond acceptors (Lipinski definition) is 6. The van der Waals surface area contributed by atoms with Crippen LogP contribution in [0.4, 0.5) is 0 Å². The molecule has 1 aromatic carbocycles. The second-order valence-corrected chi connectivity index (χ2v) is 6.59. The fourth-order valence-electron chi connectivity index (χ4n) is 2.66. The van der Waals surface area contributed by atoms with E-state index in [1.165, 1.54) is 6.07 Å². The monoisotopic (exact) mass is 406 g/mol. The predicted octanol–water partition coefficient (Wildman–Crippen LogP) is 3.35. The van der Waals surface area contributed by atoms with Crippen LogP contribution in [0.25, 0.3) is 0 Å². The van der Waals surface area contributed by atoms with Gasteiger partial charge in [-0.1, -0.05) is 26.5 Å². The molecule has 1 rings (SSSR count). The lowest BCUT2D eigenvalue weighted by atomic mass is 9.90. The number of rotatable bonds is 12. The zero-order valence-corrected chi connectivity index (χ0v) is 16.8. The Bertz CT molecular complexity index is 798. The van der Waals surface area contributed by atoms with Crippen LogP contribution in [0.5, 0.6) is 0 Å². The molecule has 0 saturated heterocycles. The Kier molecular flexibility index (Phi) is 8.72. The average Bonchev–Trinajstić information content (AvgIpc) is 2.71. The van der Waals surface area contributed by atoms with E-state index in [1.807, 2.05) is 6.92 Å². The van der Waals surface area contributed by atoms with Crippen LogP contribution in [0.15, 0.2) is 30.9 Å². The molecule has 0 aliphatic rings. The Morgan fingerprint density at radius 2 is 1.76 bits per heavy atom. The zero-order chi connectivity index (χ0) is 22.2. The van der Waals surface area contributed by atoms with Crippen molar-refractivity contribution in [3.8, 4) is 0 Å². The van der Waals surface area contributed by atoms with Gasteiger partial charge in [0, 0.05) is 18.1 Å². The van der Waals surface area contributed by atoms with Gasteiger partial charge in [0.1, 0.15) is 11.7 Å². The van der Waals surface area contributed by atoms with Gasteiger partial charge in [0.2, 0.25) is 0 Å². The van der Waals surface area contributed by atoms with Gasteiger partial charge in [0.15, 0.2) is 5.78 Å². The van der Waals surface area contributed by atoms with Gasteiger partial charge in [-0.2, -0.15) is 0 Å². The van der Waals surface area contributed by atoms with Crippen molar-refractivity contribution < 1.29 is 38.9 Å². The molecule has 0 fully saturated rings. The second kappa shape index (κ2) is 10.5. The molecule has 0 bridgehead atoms. The first-order valence-corrected chi connectivity index (χ1v) is 9.22. The highest BCUT2D eigenvalue weighted by Crippen LogP contribution is 2.24. The number of carbonyl (C=O) groups excluding carboxylic acids is 2. The van der Waals surface area contributed by atoms with E-state index in [4.69, 9.17) is 14.6 Å². The quantitative estimate of drug-likeness (QED) is 0.307. The Hall–Kier alpha value is -3.00. The van der Waals surface area contributed by atoms with E-state index in [-0.39, 0.29) is 18.3 Å². The highest BCUT2D eigenvalue weighted by Gasteiger charge is 2.34. The van der Waals surface area contributed by atoms with E-state index in [0.29, 0.717) is 19.3 Å². The fourth-order valence-corrected chi connectivity index (χ4v) is 2.66. The number of carbonyl (C=O) groups is 4. The van der Waals surface area contributed by atoms with Crippen LogP contribution < -0.4 is 0 Å². The van der Waals surface area contributed by atoms with Crippen molar-refractivity contribution in [3.63, 3.8) is 0 Å². The summed E-state index contributed by atoms with van der Waals surface area (Å²) in [5.41, 5.74) is -2.07. The van der Waals surface area contributed by atoms with Crippen molar-refractivity contribution in [1.82, 2.24) is 0 Å². The number of Topliss-reactive ketones (excluding diaryl/α,β-unsaturated/α-hetero) is 1. The van der Waals surface area contributed by atoms with Gasteiger partial charge in [-0.05, 0) is 31.9 Å². The predicted molar refractivity (Wildman–Crippen MR) is 104 cm³/mol. The molecule has 0 heterocycles. The number of hydrogen-bond donors (Lipinski definition) is 2. The molecule has 158 valence electrons. The van der Waals surface area contributed by atoms with Crippen molar-refractivity contribution in [3.05, 3.63) is 47.5 Å². The number of ether oxygens (including phenoxy) is 2. The lowest BCUT2D eigenvalue weighted by Gasteiger charge is -2.28. The van der Waals surface area contributed by atoms with E-state index in [1.54, 1.807) is 13.8 Å². The molecule has 8 nitrogen and oxygen atoms in total. The van der Waals surface area contributed by atoms with Gasteiger partial charge in [-0.25, -0.2) is 14.4 Å². The summed E-state index contributed by atoms with van der Waals surface area (Å²) in [6.45, 7) is 8.66. The van der Waals surface area contributed by atoms with E-state index in [0.717, 1.165) is 18.2 Å². The molecule has 1 aromatic rings. The van der Waals surface area contributed by atoms with E-state index in [2.05, 4.69) is 6.58 Å². The molecule has 2 atom stereocenters. The number of esters is 1. The fraction of sp³-hybridized carbons (Fsp3) is 0.429. The van der Waals surface area contributed by atoms with Crippen molar-refractivity contribution in [1.29, 1.82) is 0 Å². The van der Waals surface area contributed by atoms with Crippen LogP contribution in [0, 0.1) is 0 Å². The molecule has 2 unspecified atom stereocenters. The summed E-state index contributed by atoms with van der Waals surface area (Å²) in [5, 5.41) is 18.4. The van der Waals surface area contributed by atoms with Gasteiger partial charge in [0.25, 0.3) is 0 Å². The molecular formula is C21H26O8. The summed E-state index contributed by atoms with van der Waals surface area (Å²) in [4.78, 5) is 46.8. The summed E-state index contributed by atoms with van der Waals surface area (Å²) in [7, 11) is 0. The first kappa shape index (κ1) is 24.0. The second-order valence-electron chi connectivity index (χ2n) is 6.59. The molecule has 2 N–H and O–H groups in total. The van der Waals surface area contributed by atoms with Crippen molar-refractivity contribution >= 4 is 23.7 Å². The molecule has 0 radical (unpaired) electrons. The lowest BCUT2D eigenvalue weighted by molar-refractivity contribution is -0.144. The summed E-state index contributed by atoms with van der Waals surface area (Å²) in [5.74, 6) is -3.83. The van der Waals surface area contributed by atoms with Crippen molar-refractivity contribution in [2.75, 3.05) is 6.61 Å². The third-order valence-corrected chi connectivity index (χ3v) is 4.66. The Labute approximate surface area is 169 Å². The standard InChI is InChI=1S/C21H26O8/c1-5-14(29-17(22)6-2)10-11-28-21(4,7-3)18(23)13-8-9-15(19(24)25)16(12-13)20(26)27/h6,8-9,12,14H,2,5,7,10-11H2,1,3-4H3,(H,24,25)(H,26,27). The molecule has 8 heteroatoms. The maximum absolute atomic E-state index is 13.0. The molecule has 0 saturated carbocycles. The topological polar surface area (TPSA) is 127 Å². The maximum atomic E-state index is 13.0. The van der Waals surface area contributed by atoms with Crippen LogP contribution in [-0.2, 0) is 14.3 Å². The summed E-state index contributed by atoms with van der Waals surface area (Å²) in [6.07, 6.45) is 1.93. The Morgan fingerprint density at radius 1 is 1.14 bits per heavy atom. The maximum Gasteiger partial charge on any atom is 0.336 e. The van der Waals surface area contributed by atoms with Crippen LogP contribution in [0.1, 0.15) is 71.1 Å². The smallest absolute Gasteiger partial charge is 0.336 e. The molecule has 0 amide bonds. The van der Waals surface area contributed by atoms with Crippen LogP contribution >= 0.6 is 0 Å². The molecule has 0 aliphatic heterocycles. The zero-order valence-electron chi connectivity index (χ0n) is 16.8. The summed E-state index contributed by atoms with van der Waals surface area (Å²) >= 11 is 0. The third kappa shape index (κ3) is 6.25. The van der Waals surface area contributed by atoms with Gasteiger partial charge in [-0.15, -0.1) is 0 Å². The van der Waals surface area contributed by atoms with E-state index in [9.17, 15) is 24.3 Å². The molecule has 0 spiro atoms. The molecule has 0 aliphatic carbocycles. The van der Waals surface area contributed by atoms with Crippen LogP contribution in [-0.4, -0.2) is 52.2 Å². The van der Waals surface area contributed by atoms with Crippen molar-refractivity contribution in [2.24, 2.45) is 0 Å². The normalized spacial score (nSPS) is 13.8. The van der Waals surface area contributed by atoms with Crippen LogP contribution in [0.3, 0.4) is 0 Å². The number of benzene rings is 1. The van der Waals surface area contributed by atoms with Crippen LogP contribution in [0.2, 0.25) is 0 Å². The SMILES string of the molecule is C=CC(=O)OC(CC)CCOC(C)(CC)C(=O)c1ccc(C(=O)O)c(C(=O)O)c1. The average molecular weight is 406 g/mol. The minimum atomic E-state index is -1.44. The number of ketones is 1. The van der Waals surface area contributed by atoms with E-state index >= 15 is 0 Å². The third-order valence-electron chi connectivity index (χ3n) is 4.66. The lowest BCUT2D eigenvalue weighted by Crippen LogP contribution is -2.39. The number of aromatic carboxylic acids is 2.